The van der Waals surface area contributed by atoms with Crippen LogP contribution in [-0.2, 0) is 4.79 Å². The van der Waals surface area contributed by atoms with Crippen LogP contribution in [0.25, 0.3) is 0 Å². The fraction of sp³-hybridized carbons (Fsp3) is 0.429. The number of amides is 3. The Labute approximate surface area is 118 Å². The van der Waals surface area contributed by atoms with Crippen molar-refractivity contribution in [2.45, 2.75) is 6.92 Å². The topological polar surface area (TPSA) is 69.9 Å². The number of hydrogen-bond acceptors (Lipinski definition) is 3. The highest BCUT2D eigenvalue weighted by Crippen LogP contribution is 2.26. The van der Waals surface area contributed by atoms with E-state index in [9.17, 15) is 9.59 Å². The van der Waals surface area contributed by atoms with Crippen LogP contribution in [0.3, 0.4) is 0 Å². The Morgan fingerprint density at radius 3 is 2.70 bits per heavy atom. The van der Waals surface area contributed by atoms with Crippen molar-refractivity contribution in [3.05, 3.63) is 24.3 Å². The van der Waals surface area contributed by atoms with Gasteiger partial charge in [-0.25, -0.2) is 4.79 Å². The van der Waals surface area contributed by atoms with Gasteiger partial charge in [-0.15, -0.1) is 0 Å². The first-order valence-corrected chi connectivity index (χ1v) is 6.69. The number of para-hydroxylation sites is 2. The molecule has 1 aromatic carbocycles. The molecule has 0 spiro atoms. The number of anilines is 2. The van der Waals surface area contributed by atoms with Gasteiger partial charge in [-0.1, -0.05) is 12.1 Å². The molecule has 0 aromatic heterocycles. The van der Waals surface area contributed by atoms with Gasteiger partial charge in [-0.05, 0) is 19.1 Å². The Kier molecular flexibility index (Phi) is 4.12. The molecule has 0 atom stereocenters. The van der Waals surface area contributed by atoms with Crippen molar-refractivity contribution in [1.29, 1.82) is 0 Å². The standard InChI is InChI=1S/C14H20N4O2/c1-3-16(2)13(19)10-17-8-9-18(14(17)20)12-7-5-4-6-11(12)15/h4-7H,3,8-10,15H2,1-2H3. The van der Waals surface area contributed by atoms with E-state index in [1.807, 2.05) is 25.1 Å². The van der Waals surface area contributed by atoms with Crippen LogP contribution in [0.4, 0.5) is 16.2 Å². The molecule has 6 heteroatoms. The first kappa shape index (κ1) is 14.2. The first-order valence-electron chi connectivity index (χ1n) is 6.69. The smallest absolute Gasteiger partial charge is 0.325 e. The van der Waals surface area contributed by atoms with E-state index in [2.05, 4.69) is 0 Å². The third-order valence-electron chi connectivity index (χ3n) is 3.55. The van der Waals surface area contributed by atoms with E-state index in [4.69, 9.17) is 5.73 Å². The minimum absolute atomic E-state index is 0.0521. The SMILES string of the molecule is CCN(C)C(=O)CN1CCN(c2ccccc2N)C1=O. The van der Waals surface area contributed by atoms with E-state index in [1.165, 1.54) is 0 Å². The summed E-state index contributed by atoms with van der Waals surface area (Å²) in [6.07, 6.45) is 0. The Bertz CT molecular complexity index is 518. The van der Waals surface area contributed by atoms with Gasteiger partial charge in [0.15, 0.2) is 0 Å². The van der Waals surface area contributed by atoms with Crippen molar-refractivity contribution in [3.63, 3.8) is 0 Å². The van der Waals surface area contributed by atoms with Crippen LogP contribution in [0.1, 0.15) is 6.92 Å². The normalized spacial score (nSPS) is 14.8. The highest BCUT2D eigenvalue weighted by molar-refractivity contribution is 5.98. The van der Waals surface area contributed by atoms with E-state index in [-0.39, 0.29) is 18.5 Å². The number of nitrogen functional groups attached to an aromatic ring is 1. The van der Waals surface area contributed by atoms with Crippen LogP contribution < -0.4 is 10.6 Å². The molecule has 0 bridgehead atoms. The van der Waals surface area contributed by atoms with Gasteiger partial charge in [-0.3, -0.25) is 9.69 Å². The summed E-state index contributed by atoms with van der Waals surface area (Å²) in [5.41, 5.74) is 7.17. The molecule has 1 fully saturated rings. The van der Waals surface area contributed by atoms with Gasteiger partial charge in [0.05, 0.1) is 11.4 Å². The summed E-state index contributed by atoms with van der Waals surface area (Å²) in [5.74, 6) is -0.0521. The summed E-state index contributed by atoms with van der Waals surface area (Å²) < 4.78 is 0. The number of benzene rings is 1. The van der Waals surface area contributed by atoms with Crippen LogP contribution in [0.15, 0.2) is 24.3 Å². The largest absolute Gasteiger partial charge is 0.397 e. The second-order valence-electron chi connectivity index (χ2n) is 4.82. The molecule has 2 rings (SSSR count). The Morgan fingerprint density at radius 2 is 2.05 bits per heavy atom. The fourth-order valence-electron chi connectivity index (χ4n) is 2.15. The quantitative estimate of drug-likeness (QED) is 0.834. The maximum absolute atomic E-state index is 12.3. The zero-order valence-corrected chi connectivity index (χ0v) is 11.9. The molecule has 0 radical (unpaired) electrons. The zero-order chi connectivity index (χ0) is 14.7. The maximum Gasteiger partial charge on any atom is 0.325 e. The summed E-state index contributed by atoms with van der Waals surface area (Å²) in [6, 6.07) is 7.09. The van der Waals surface area contributed by atoms with Crippen molar-refractivity contribution in [3.8, 4) is 0 Å². The van der Waals surface area contributed by atoms with E-state index in [0.717, 1.165) is 0 Å². The lowest BCUT2D eigenvalue weighted by molar-refractivity contribution is -0.130. The molecule has 3 amide bonds. The Morgan fingerprint density at radius 1 is 1.35 bits per heavy atom. The number of nitrogens with zero attached hydrogens (tertiary/aromatic N) is 3. The summed E-state index contributed by atoms with van der Waals surface area (Å²) >= 11 is 0. The minimum Gasteiger partial charge on any atom is -0.397 e. The van der Waals surface area contributed by atoms with E-state index in [0.29, 0.717) is 31.0 Å². The first-order chi connectivity index (χ1) is 9.54. The molecule has 0 unspecified atom stereocenters. The molecule has 1 aromatic rings. The number of likely N-dealkylation sites (N-methyl/N-ethyl adjacent to an activating group) is 1. The minimum atomic E-state index is -0.166. The summed E-state index contributed by atoms with van der Waals surface area (Å²) in [4.78, 5) is 29.0. The van der Waals surface area contributed by atoms with Crippen LogP contribution in [0.2, 0.25) is 0 Å². The third kappa shape index (κ3) is 2.68. The monoisotopic (exact) mass is 276 g/mol. The van der Waals surface area contributed by atoms with Crippen molar-refractivity contribution >= 4 is 23.3 Å². The van der Waals surface area contributed by atoms with E-state index >= 15 is 0 Å². The number of hydrogen-bond donors (Lipinski definition) is 1. The third-order valence-corrected chi connectivity index (χ3v) is 3.55. The number of carbonyl (C=O) groups excluding carboxylic acids is 2. The molecule has 6 nitrogen and oxygen atoms in total. The zero-order valence-electron chi connectivity index (χ0n) is 11.9. The molecule has 108 valence electrons. The molecule has 1 saturated heterocycles. The Balaban J connectivity index is 2.07. The lowest BCUT2D eigenvalue weighted by Gasteiger charge is -2.21. The predicted molar refractivity (Wildman–Crippen MR) is 78.5 cm³/mol. The molecule has 1 heterocycles. The van der Waals surface area contributed by atoms with Gasteiger partial charge in [-0.2, -0.15) is 0 Å². The molecule has 0 saturated carbocycles. The number of urea groups is 1. The molecule has 20 heavy (non-hydrogen) atoms. The predicted octanol–water partition coefficient (Wildman–Crippen LogP) is 0.989. The van der Waals surface area contributed by atoms with Gasteiger partial charge >= 0.3 is 6.03 Å². The van der Waals surface area contributed by atoms with Crippen molar-refractivity contribution < 1.29 is 9.59 Å². The van der Waals surface area contributed by atoms with Crippen molar-refractivity contribution in [2.24, 2.45) is 0 Å². The van der Waals surface area contributed by atoms with E-state index < -0.39 is 0 Å². The lowest BCUT2D eigenvalue weighted by Crippen LogP contribution is -2.40. The van der Waals surface area contributed by atoms with Crippen LogP contribution in [-0.4, -0.2) is 55.0 Å². The average molecular weight is 276 g/mol. The highest BCUT2D eigenvalue weighted by atomic mass is 16.2. The van der Waals surface area contributed by atoms with Crippen LogP contribution >= 0.6 is 0 Å². The van der Waals surface area contributed by atoms with Crippen molar-refractivity contribution in [1.82, 2.24) is 9.80 Å². The van der Waals surface area contributed by atoms with E-state index in [1.54, 1.807) is 27.8 Å². The molecular weight excluding hydrogens is 256 g/mol. The molecule has 1 aliphatic heterocycles. The van der Waals surface area contributed by atoms with Gasteiger partial charge in [0.2, 0.25) is 5.91 Å². The summed E-state index contributed by atoms with van der Waals surface area (Å²) in [6.45, 7) is 3.75. The van der Waals surface area contributed by atoms with Crippen LogP contribution in [0, 0.1) is 0 Å². The second kappa shape index (κ2) is 5.81. The van der Waals surface area contributed by atoms with Crippen molar-refractivity contribution in [2.75, 3.05) is 43.9 Å². The summed E-state index contributed by atoms with van der Waals surface area (Å²) in [7, 11) is 1.73. The van der Waals surface area contributed by atoms with Crippen LogP contribution in [0.5, 0.6) is 0 Å². The number of nitrogens with two attached hydrogens (primary N) is 1. The van der Waals surface area contributed by atoms with Gasteiger partial charge in [0, 0.05) is 26.7 Å². The lowest BCUT2D eigenvalue weighted by atomic mass is 10.2. The Hall–Kier alpha value is -2.24. The molecule has 0 aliphatic carbocycles. The molecule has 2 N–H and O–H groups in total. The molecular formula is C14H20N4O2. The average Bonchev–Trinajstić information content (AvgIpc) is 2.80. The second-order valence-corrected chi connectivity index (χ2v) is 4.82. The van der Waals surface area contributed by atoms with Gasteiger partial charge in [0.1, 0.15) is 6.54 Å². The maximum atomic E-state index is 12.3. The van der Waals surface area contributed by atoms with Gasteiger partial charge < -0.3 is 15.5 Å². The molecule has 1 aliphatic rings. The fourth-order valence-corrected chi connectivity index (χ4v) is 2.15. The number of carbonyl (C=O) groups is 2. The van der Waals surface area contributed by atoms with Gasteiger partial charge in [0.25, 0.3) is 0 Å². The number of rotatable bonds is 4. The summed E-state index contributed by atoms with van der Waals surface area (Å²) in [5, 5.41) is 0. The highest BCUT2D eigenvalue weighted by Gasteiger charge is 2.32.